The summed E-state index contributed by atoms with van der Waals surface area (Å²) >= 11 is 11.5. The van der Waals surface area contributed by atoms with Crippen molar-refractivity contribution < 1.29 is 26.3 Å². The molecule has 0 unspecified atom stereocenters. The minimum absolute atomic E-state index is 0.184. The van der Waals surface area contributed by atoms with E-state index in [0.717, 1.165) is 0 Å². The molecule has 0 fully saturated rings. The van der Waals surface area contributed by atoms with Gasteiger partial charge in [0.05, 0.1) is 17.7 Å². The minimum Gasteiger partial charge on any atom is -0.197 e. The van der Waals surface area contributed by atoms with E-state index in [0.29, 0.717) is 12.1 Å². The third-order valence-corrected chi connectivity index (χ3v) is 3.88. The Morgan fingerprint density at radius 3 is 1.67 bits per heavy atom. The first-order valence-corrected chi connectivity index (χ1v) is 7.03. The van der Waals surface area contributed by atoms with Gasteiger partial charge in [-0.1, -0.05) is 23.2 Å². The van der Waals surface area contributed by atoms with E-state index in [4.69, 9.17) is 33.7 Å². The number of hydrogen-bond donors (Lipinski definition) is 0. The molecule has 1 rings (SSSR count). The van der Waals surface area contributed by atoms with E-state index in [2.05, 4.69) is 0 Å². The Kier molecular flexibility index (Phi) is 6.02. The third kappa shape index (κ3) is 5.19. The summed E-state index contributed by atoms with van der Waals surface area (Å²) in [5.74, 6) is 0. The normalized spacial score (nSPS) is 12.6. The molecule has 10 heteroatoms. The van der Waals surface area contributed by atoms with Crippen molar-refractivity contribution in [3.63, 3.8) is 0 Å². The second-order valence-electron chi connectivity index (χ2n) is 5.01. The van der Waals surface area contributed by atoms with Gasteiger partial charge in [-0.05, 0) is 24.1 Å². The van der Waals surface area contributed by atoms with Gasteiger partial charge in [0.25, 0.3) is 0 Å². The van der Waals surface area contributed by atoms with Crippen LogP contribution < -0.4 is 0 Å². The molecule has 1 aromatic rings. The van der Waals surface area contributed by atoms with E-state index in [-0.39, 0.29) is 5.56 Å². The zero-order valence-electron chi connectivity index (χ0n) is 11.7. The van der Waals surface area contributed by atoms with E-state index in [1.165, 1.54) is 12.1 Å². The van der Waals surface area contributed by atoms with E-state index in [9.17, 15) is 26.3 Å². The summed E-state index contributed by atoms with van der Waals surface area (Å²) < 4.78 is 75.0. The van der Waals surface area contributed by atoms with Crippen LogP contribution in [0.2, 0.25) is 10.0 Å². The number of nitrogens with zero attached hydrogens (tertiary/aromatic N) is 2. The second-order valence-corrected chi connectivity index (χ2v) is 5.83. The summed E-state index contributed by atoms with van der Waals surface area (Å²) in [7, 11) is 0. The van der Waals surface area contributed by atoms with Crippen LogP contribution in [0.1, 0.15) is 24.0 Å². The molecule has 1 aromatic carbocycles. The largest absolute Gasteiger partial charge is 0.416 e. The Labute approximate surface area is 143 Å². The fourth-order valence-corrected chi connectivity index (χ4v) is 2.52. The molecule has 2 nitrogen and oxygen atoms in total. The first-order chi connectivity index (χ1) is 10.8. The molecule has 0 aromatic heterocycles. The summed E-state index contributed by atoms with van der Waals surface area (Å²) in [5, 5.41) is 17.2. The Bertz CT molecular complexity index is 660. The second kappa shape index (κ2) is 7.08. The monoisotopic (exact) mass is 388 g/mol. The van der Waals surface area contributed by atoms with Gasteiger partial charge in [-0.2, -0.15) is 36.9 Å². The van der Waals surface area contributed by atoms with Crippen molar-refractivity contribution in [2.75, 3.05) is 0 Å². The number of nitriles is 2. The zero-order chi connectivity index (χ0) is 18.8. The number of halogens is 8. The van der Waals surface area contributed by atoms with Crippen LogP contribution in [0.15, 0.2) is 12.1 Å². The molecule has 0 bridgehead atoms. The Morgan fingerprint density at radius 1 is 0.875 bits per heavy atom. The number of hydrogen-bond acceptors (Lipinski definition) is 2. The van der Waals surface area contributed by atoms with Gasteiger partial charge in [0.1, 0.15) is 5.41 Å². The fraction of sp³-hybridized carbons (Fsp3) is 0.429. The molecule has 0 saturated carbocycles. The topological polar surface area (TPSA) is 47.6 Å². The van der Waals surface area contributed by atoms with Gasteiger partial charge in [-0.25, -0.2) is 0 Å². The van der Waals surface area contributed by atoms with Crippen LogP contribution >= 0.6 is 23.2 Å². The predicted molar refractivity (Wildman–Crippen MR) is 74.1 cm³/mol. The molecule has 0 heterocycles. The number of alkyl halides is 6. The molecule has 0 saturated heterocycles. The molecule has 0 spiro atoms. The molecule has 0 radical (unpaired) electrons. The molecule has 0 aliphatic carbocycles. The van der Waals surface area contributed by atoms with E-state index < -0.39 is 52.6 Å². The van der Waals surface area contributed by atoms with Crippen molar-refractivity contribution in [3.8, 4) is 12.1 Å². The third-order valence-electron chi connectivity index (χ3n) is 3.21. The van der Waals surface area contributed by atoms with Gasteiger partial charge < -0.3 is 0 Å². The zero-order valence-corrected chi connectivity index (χ0v) is 13.2. The van der Waals surface area contributed by atoms with Crippen molar-refractivity contribution in [2.24, 2.45) is 5.41 Å². The van der Waals surface area contributed by atoms with Crippen molar-refractivity contribution in [3.05, 3.63) is 33.3 Å². The van der Waals surface area contributed by atoms with E-state index >= 15 is 0 Å². The lowest BCUT2D eigenvalue weighted by Crippen LogP contribution is -2.23. The van der Waals surface area contributed by atoms with Crippen molar-refractivity contribution >= 4 is 23.2 Å². The van der Waals surface area contributed by atoms with Crippen LogP contribution in [0.25, 0.3) is 0 Å². The van der Waals surface area contributed by atoms with Crippen LogP contribution in [-0.2, 0) is 12.6 Å². The van der Waals surface area contributed by atoms with Crippen LogP contribution in [0.5, 0.6) is 0 Å². The molecule has 0 aliphatic heterocycles. The first-order valence-electron chi connectivity index (χ1n) is 6.28. The average molecular weight is 389 g/mol. The van der Waals surface area contributed by atoms with Gasteiger partial charge in [-0.15, -0.1) is 0 Å². The average Bonchev–Trinajstić information content (AvgIpc) is 2.44. The highest BCUT2D eigenvalue weighted by atomic mass is 35.5. The van der Waals surface area contributed by atoms with E-state index in [1.807, 2.05) is 0 Å². The molecular weight excluding hydrogens is 381 g/mol. The smallest absolute Gasteiger partial charge is 0.197 e. The summed E-state index contributed by atoms with van der Waals surface area (Å²) in [6, 6.07) is 4.07. The summed E-state index contributed by atoms with van der Waals surface area (Å²) in [4.78, 5) is 0. The first kappa shape index (κ1) is 20.4. The van der Waals surface area contributed by atoms with Crippen LogP contribution in [0.3, 0.4) is 0 Å². The van der Waals surface area contributed by atoms with Crippen molar-refractivity contribution in [1.29, 1.82) is 10.5 Å². The summed E-state index contributed by atoms with van der Waals surface area (Å²) in [6.45, 7) is 0. The Hall–Kier alpha value is -1.64. The standard InChI is InChI=1S/C14H8Cl2F6N2/c15-10-3-8(14(20,21)22)4-11(16)9(10)5-12(6-23,7-24)1-2-13(17,18)19/h3-4H,1-2,5H2. The number of benzene rings is 1. The highest BCUT2D eigenvalue weighted by molar-refractivity contribution is 6.36. The van der Waals surface area contributed by atoms with Crippen LogP contribution in [0.4, 0.5) is 26.3 Å². The fourth-order valence-electron chi connectivity index (χ4n) is 1.90. The van der Waals surface area contributed by atoms with Gasteiger partial charge in [0.15, 0.2) is 0 Å². The van der Waals surface area contributed by atoms with Gasteiger partial charge in [-0.3, -0.25) is 0 Å². The summed E-state index contributed by atoms with van der Waals surface area (Å²) in [5.41, 5.74) is -3.43. The van der Waals surface area contributed by atoms with Gasteiger partial charge in [0, 0.05) is 22.9 Å². The van der Waals surface area contributed by atoms with E-state index in [1.54, 1.807) is 0 Å². The maximum absolute atomic E-state index is 12.7. The maximum Gasteiger partial charge on any atom is 0.416 e. The maximum atomic E-state index is 12.7. The van der Waals surface area contributed by atoms with Crippen molar-refractivity contribution in [1.82, 2.24) is 0 Å². The molecule has 0 N–H and O–H groups in total. The lowest BCUT2D eigenvalue weighted by atomic mass is 9.80. The highest BCUT2D eigenvalue weighted by Crippen LogP contribution is 2.40. The molecule has 24 heavy (non-hydrogen) atoms. The lowest BCUT2D eigenvalue weighted by molar-refractivity contribution is -0.138. The summed E-state index contributed by atoms with van der Waals surface area (Å²) in [6.07, 6.45) is -12.2. The molecule has 0 amide bonds. The minimum atomic E-state index is -4.72. The SMILES string of the molecule is N#CC(C#N)(CCC(F)(F)F)Cc1c(Cl)cc(C(F)(F)F)cc1Cl. The Balaban J connectivity index is 3.22. The molecule has 0 atom stereocenters. The molecule has 130 valence electrons. The quantitative estimate of drug-likeness (QED) is 0.600. The number of rotatable bonds is 4. The van der Waals surface area contributed by atoms with Crippen molar-refractivity contribution in [2.45, 2.75) is 31.6 Å². The van der Waals surface area contributed by atoms with Crippen LogP contribution in [-0.4, -0.2) is 6.18 Å². The highest BCUT2D eigenvalue weighted by Gasteiger charge is 2.39. The van der Waals surface area contributed by atoms with Gasteiger partial charge in [0.2, 0.25) is 0 Å². The van der Waals surface area contributed by atoms with Gasteiger partial charge >= 0.3 is 12.4 Å². The molecular formula is C14H8Cl2F6N2. The molecule has 0 aliphatic rings. The lowest BCUT2D eigenvalue weighted by Gasteiger charge is -2.21. The predicted octanol–water partition coefficient (Wildman–Crippen LogP) is 5.93. The Morgan fingerprint density at radius 2 is 1.33 bits per heavy atom. The van der Waals surface area contributed by atoms with Crippen LogP contribution in [0, 0.1) is 28.1 Å².